The molecule has 0 fully saturated rings. The molecule has 1 aromatic rings. The maximum absolute atomic E-state index is 12.3. The Morgan fingerprint density at radius 3 is 2.55 bits per heavy atom. The van der Waals surface area contributed by atoms with E-state index in [1.165, 1.54) is 19.3 Å². The predicted molar refractivity (Wildman–Crippen MR) is 83.7 cm³/mol. The lowest BCUT2D eigenvalue weighted by Crippen LogP contribution is -2.33. The first kappa shape index (κ1) is 16.5. The van der Waals surface area contributed by atoms with Gasteiger partial charge in [0, 0.05) is 13.0 Å². The number of amides is 1. The van der Waals surface area contributed by atoms with E-state index >= 15 is 0 Å². The van der Waals surface area contributed by atoms with Crippen molar-refractivity contribution in [2.45, 2.75) is 45.4 Å². The van der Waals surface area contributed by atoms with Gasteiger partial charge in [0.05, 0.1) is 18.0 Å². The van der Waals surface area contributed by atoms with Crippen molar-refractivity contribution in [3.05, 3.63) is 24.3 Å². The summed E-state index contributed by atoms with van der Waals surface area (Å²) in [5.74, 6) is 0.0356. The van der Waals surface area contributed by atoms with Crippen LogP contribution in [0, 0.1) is 0 Å². The number of aliphatic hydroxyl groups is 1. The average molecular weight is 278 g/mol. The van der Waals surface area contributed by atoms with Gasteiger partial charge in [-0.3, -0.25) is 4.79 Å². The summed E-state index contributed by atoms with van der Waals surface area (Å²) in [6, 6.07) is 7.28. The van der Waals surface area contributed by atoms with Crippen LogP contribution in [0.5, 0.6) is 0 Å². The van der Waals surface area contributed by atoms with E-state index in [9.17, 15) is 4.79 Å². The number of nitrogens with two attached hydrogens (primary N) is 1. The number of hydrogen-bond donors (Lipinski definition) is 2. The van der Waals surface area contributed by atoms with Crippen LogP contribution in [0.15, 0.2) is 24.3 Å². The van der Waals surface area contributed by atoms with Gasteiger partial charge in [-0.2, -0.15) is 0 Å². The standard InChI is InChI=1S/C16H26N2O2/c1-2-3-4-5-6-11-16(20)18(12-13-19)15-10-8-7-9-14(15)17/h7-10,19H,2-6,11-13,17H2,1H3. The Morgan fingerprint density at radius 2 is 1.90 bits per heavy atom. The molecule has 0 aliphatic rings. The lowest BCUT2D eigenvalue weighted by atomic mass is 10.1. The normalized spacial score (nSPS) is 10.5. The summed E-state index contributed by atoms with van der Waals surface area (Å²) < 4.78 is 0. The van der Waals surface area contributed by atoms with Crippen LogP contribution < -0.4 is 10.6 Å². The Labute approximate surface area is 121 Å². The lowest BCUT2D eigenvalue weighted by Gasteiger charge is -2.23. The highest BCUT2D eigenvalue weighted by Gasteiger charge is 2.16. The second kappa shape index (κ2) is 9.37. The molecule has 0 spiro atoms. The smallest absolute Gasteiger partial charge is 0.227 e. The molecule has 20 heavy (non-hydrogen) atoms. The number of benzene rings is 1. The Balaban J connectivity index is 2.57. The molecule has 0 saturated carbocycles. The first-order valence-electron chi connectivity index (χ1n) is 7.46. The van der Waals surface area contributed by atoms with Crippen molar-refractivity contribution in [3.8, 4) is 0 Å². The van der Waals surface area contributed by atoms with E-state index in [0.717, 1.165) is 12.8 Å². The van der Waals surface area contributed by atoms with Crippen molar-refractivity contribution in [1.29, 1.82) is 0 Å². The number of unbranched alkanes of at least 4 members (excludes halogenated alkanes) is 4. The van der Waals surface area contributed by atoms with Crippen LogP contribution in [-0.2, 0) is 4.79 Å². The fourth-order valence-corrected chi connectivity index (χ4v) is 2.23. The van der Waals surface area contributed by atoms with Crippen molar-refractivity contribution < 1.29 is 9.90 Å². The molecule has 112 valence electrons. The van der Waals surface area contributed by atoms with E-state index in [2.05, 4.69) is 6.92 Å². The van der Waals surface area contributed by atoms with Gasteiger partial charge in [-0.25, -0.2) is 0 Å². The minimum atomic E-state index is -0.0596. The second-order valence-electron chi connectivity index (χ2n) is 4.99. The summed E-state index contributed by atoms with van der Waals surface area (Å²) >= 11 is 0. The lowest BCUT2D eigenvalue weighted by molar-refractivity contribution is -0.118. The quantitative estimate of drug-likeness (QED) is 0.539. The van der Waals surface area contributed by atoms with Crippen molar-refractivity contribution in [2.24, 2.45) is 0 Å². The van der Waals surface area contributed by atoms with Gasteiger partial charge in [0.2, 0.25) is 5.91 Å². The molecule has 0 radical (unpaired) electrons. The summed E-state index contributed by atoms with van der Waals surface area (Å²) in [5, 5.41) is 9.14. The number of carbonyl (C=O) groups excluding carboxylic acids is 1. The molecule has 3 N–H and O–H groups in total. The van der Waals surface area contributed by atoms with Gasteiger partial charge in [-0.1, -0.05) is 44.7 Å². The molecule has 4 heteroatoms. The molecular formula is C16H26N2O2. The first-order valence-corrected chi connectivity index (χ1v) is 7.46. The van der Waals surface area contributed by atoms with Gasteiger partial charge in [0.25, 0.3) is 0 Å². The fraction of sp³-hybridized carbons (Fsp3) is 0.562. The molecule has 1 rings (SSSR count). The van der Waals surface area contributed by atoms with E-state index in [1.54, 1.807) is 11.0 Å². The number of nitrogen functional groups attached to an aromatic ring is 1. The van der Waals surface area contributed by atoms with E-state index in [-0.39, 0.29) is 12.5 Å². The molecule has 0 aliphatic heterocycles. The summed E-state index contributed by atoms with van der Waals surface area (Å²) in [7, 11) is 0. The van der Waals surface area contributed by atoms with Crippen molar-refractivity contribution >= 4 is 17.3 Å². The summed E-state index contributed by atoms with van der Waals surface area (Å²) in [6.07, 6.45) is 6.09. The summed E-state index contributed by atoms with van der Waals surface area (Å²) in [6.45, 7) is 2.41. The Bertz CT molecular complexity index is 407. The third-order valence-electron chi connectivity index (χ3n) is 3.35. The molecule has 1 aromatic carbocycles. The maximum atomic E-state index is 12.3. The summed E-state index contributed by atoms with van der Waals surface area (Å²) in [5.41, 5.74) is 7.17. The highest BCUT2D eigenvalue weighted by molar-refractivity contribution is 5.96. The van der Waals surface area contributed by atoms with Gasteiger partial charge in [-0.15, -0.1) is 0 Å². The van der Waals surface area contributed by atoms with Crippen LogP contribution >= 0.6 is 0 Å². The first-order chi connectivity index (χ1) is 9.70. The van der Waals surface area contributed by atoms with Crippen LogP contribution in [0.2, 0.25) is 0 Å². The molecule has 0 heterocycles. The highest BCUT2D eigenvalue weighted by atomic mass is 16.3. The number of nitrogens with zero attached hydrogens (tertiary/aromatic N) is 1. The molecule has 0 atom stereocenters. The van der Waals surface area contributed by atoms with Gasteiger partial charge in [0.1, 0.15) is 0 Å². The van der Waals surface area contributed by atoms with E-state index in [1.807, 2.05) is 18.2 Å². The van der Waals surface area contributed by atoms with Crippen molar-refractivity contribution in [3.63, 3.8) is 0 Å². The zero-order chi connectivity index (χ0) is 14.8. The third kappa shape index (κ3) is 5.21. The molecule has 0 aliphatic carbocycles. The zero-order valence-electron chi connectivity index (χ0n) is 12.3. The number of hydrogen-bond acceptors (Lipinski definition) is 3. The minimum Gasteiger partial charge on any atom is -0.397 e. The maximum Gasteiger partial charge on any atom is 0.227 e. The monoisotopic (exact) mass is 278 g/mol. The highest BCUT2D eigenvalue weighted by Crippen LogP contribution is 2.23. The van der Waals surface area contributed by atoms with Gasteiger partial charge in [-0.05, 0) is 18.6 Å². The largest absolute Gasteiger partial charge is 0.397 e. The predicted octanol–water partition coefficient (Wildman–Crippen LogP) is 2.95. The topological polar surface area (TPSA) is 66.6 Å². The fourth-order valence-electron chi connectivity index (χ4n) is 2.23. The SMILES string of the molecule is CCCCCCCC(=O)N(CCO)c1ccccc1N. The van der Waals surface area contributed by atoms with E-state index < -0.39 is 0 Å². The van der Waals surface area contributed by atoms with Crippen LogP contribution in [0.25, 0.3) is 0 Å². The molecule has 1 amide bonds. The number of aliphatic hydroxyl groups excluding tert-OH is 1. The second-order valence-corrected chi connectivity index (χ2v) is 4.99. The number of rotatable bonds is 9. The zero-order valence-corrected chi connectivity index (χ0v) is 12.3. The van der Waals surface area contributed by atoms with Crippen molar-refractivity contribution in [1.82, 2.24) is 0 Å². The molecule has 0 aromatic heterocycles. The van der Waals surface area contributed by atoms with Gasteiger partial charge in [0.15, 0.2) is 0 Å². The average Bonchev–Trinajstić information content (AvgIpc) is 2.45. The number of anilines is 2. The van der Waals surface area contributed by atoms with E-state index in [4.69, 9.17) is 10.8 Å². The van der Waals surface area contributed by atoms with Crippen LogP contribution in [0.3, 0.4) is 0 Å². The Kier molecular flexibility index (Phi) is 7.73. The molecule has 0 saturated heterocycles. The summed E-state index contributed by atoms with van der Waals surface area (Å²) in [4.78, 5) is 13.9. The number of carbonyl (C=O) groups is 1. The van der Waals surface area contributed by atoms with Crippen LogP contribution in [0.4, 0.5) is 11.4 Å². The minimum absolute atomic E-state index is 0.0356. The van der Waals surface area contributed by atoms with Crippen LogP contribution in [-0.4, -0.2) is 24.2 Å². The van der Waals surface area contributed by atoms with Crippen LogP contribution in [0.1, 0.15) is 45.4 Å². The third-order valence-corrected chi connectivity index (χ3v) is 3.35. The number of para-hydroxylation sites is 2. The molecule has 4 nitrogen and oxygen atoms in total. The molecule has 0 bridgehead atoms. The van der Waals surface area contributed by atoms with Gasteiger partial charge >= 0.3 is 0 Å². The van der Waals surface area contributed by atoms with Gasteiger partial charge < -0.3 is 15.7 Å². The van der Waals surface area contributed by atoms with E-state index in [0.29, 0.717) is 24.3 Å². The molecular weight excluding hydrogens is 252 g/mol. The van der Waals surface area contributed by atoms with Crippen molar-refractivity contribution in [2.75, 3.05) is 23.8 Å². The Morgan fingerprint density at radius 1 is 1.20 bits per heavy atom. The Hall–Kier alpha value is -1.55. The molecule has 0 unspecified atom stereocenters.